The molecule has 0 radical (unpaired) electrons. The molecule has 0 fully saturated rings. The van der Waals surface area contributed by atoms with Gasteiger partial charge in [0.2, 0.25) is 0 Å². The lowest BCUT2D eigenvalue weighted by Crippen LogP contribution is -2.10. The van der Waals surface area contributed by atoms with Crippen LogP contribution in [-0.2, 0) is 31.9 Å². The van der Waals surface area contributed by atoms with Crippen LogP contribution in [0.4, 0.5) is 34.1 Å². The fraction of sp³-hybridized carbons (Fsp3) is 0.129. The number of carbonyl (C=O) groups excluding carboxylic acids is 2. The molecule has 10 rings (SSSR count). The molecule has 0 atom stereocenters. The Morgan fingerprint density at radius 1 is 0.400 bits per heavy atom. The minimum Gasteiger partial charge on any atom is -0.469 e. The number of rotatable bonds is 15. The number of methoxy groups -OCH3 is 2. The third kappa shape index (κ3) is 9.61. The zero-order chi connectivity index (χ0) is 48.1. The van der Waals surface area contributed by atoms with Crippen molar-refractivity contribution in [3.05, 3.63) is 216 Å². The predicted molar refractivity (Wildman–Crippen MR) is 293 cm³/mol. The van der Waals surface area contributed by atoms with E-state index in [0.717, 1.165) is 56.4 Å². The van der Waals surface area contributed by atoms with Crippen molar-refractivity contribution in [1.29, 1.82) is 0 Å². The number of aryl methyl sites for hydroxylation is 4. The first kappa shape index (κ1) is 46.0. The normalized spacial score (nSPS) is 11.2. The van der Waals surface area contributed by atoms with Gasteiger partial charge in [-0.2, -0.15) is 0 Å². The highest BCUT2D eigenvalue weighted by atomic mass is 32.1. The predicted octanol–water partition coefficient (Wildman–Crippen LogP) is 16.9. The number of nitrogens with zero attached hydrogens (tertiary/aromatic N) is 2. The van der Waals surface area contributed by atoms with Crippen molar-refractivity contribution in [2.75, 3.05) is 24.0 Å². The van der Waals surface area contributed by atoms with Crippen LogP contribution in [0.1, 0.15) is 35.1 Å². The molecule has 0 saturated heterocycles. The molecule has 0 bridgehead atoms. The summed E-state index contributed by atoms with van der Waals surface area (Å²) in [6.07, 6.45) is 1.93. The van der Waals surface area contributed by atoms with E-state index in [4.69, 9.17) is 9.47 Å². The number of fused-ring (bicyclic) bond motifs is 2. The van der Waals surface area contributed by atoms with Crippen molar-refractivity contribution in [1.82, 2.24) is 0 Å². The highest BCUT2D eigenvalue weighted by molar-refractivity contribution is 7.28. The molecule has 2 heterocycles. The summed E-state index contributed by atoms with van der Waals surface area (Å²) in [5.74, 6) is -0.418. The first-order valence-corrected chi connectivity index (χ1v) is 25.2. The third-order valence-corrected chi connectivity index (χ3v) is 15.8. The van der Waals surface area contributed by atoms with Crippen molar-refractivity contribution < 1.29 is 19.1 Å². The molecule has 10 aromatic rings. The zero-order valence-electron chi connectivity index (χ0n) is 39.6. The molecule has 6 nitrogen and oxygen atoms in total. The minimum atomic E-state index is -0.209. The Morgan fingerprint density at radius 2 is 0.714 bits per heavy atom. The molecule has 0 N–H and O–H groups in total. The Bertz CT molecular complexity index is 3200. The van der Waals surface area contributed by atoms with Gasteiger partial charge in [0.25, 0.3) is 0 Å². The summed E-state index contributed by atoms with van der Waals surface area (Å²) in [5.41, 5.74) is 15.7. The van der Waals surface area contributed by atoms with E-state index in [2.05, 4.69) is 206 Å². The van der Waals surface area contributed by atoms with Gasteiger partial charge in [-0.3, -0.25) is 9.59 Å². The molecular weight excluding hydrogens is 901 g/mol. The summed E-state index contributed by atoms with van der Waals surface area (Å²) in [4.78, 5) is 31.1. The van der Waals surface area contributed by atoms with E-state index in [1.165, 1.54) is 66.4 Å². The Morgan fingerprint density at radius 3 is 1.06 bits per heavy atom. The fourth-order valence-corrected chi connectivity index (χ4v) is 11.8. The van der Waals surface area contributed by atoms with Crippen LogP contribution >= 0.6 is 22.7 Å². The highest BCUT2D eigenvalue weighted by Gasteiger charge is 2.22. The van der Waals surface area contributed by atoms with E-state index >= 15 is 0 Å². The van der Waals surface area contributed by atoms with Gasteiger partial charge in [0.1, 0.15) is 0 Å². The third-order valence-electron chi connectivity index (χ3n) is 13.1. The summed E-state index contributed by atoms with van der Waals surface area (Å²) in [5, 5.41) is 2.46. The van der Waals surface area contributed by atoms with Crippen molar-refractivity contribution in [3.63, 3.8) is 0 Å². The first-order valence-electron chi connectivity index (χ1n) is 23.5. The minimum absolute atomic E-state index is 0.209. The monoisotopic (exact) mass is 952 g/mol. The number of hydrogen-bond donors (Lipinski definition) is 0. The van der Waals surface area contributed by atoms with E-state index < -0.39 is 0 Å². The number of carbonyl (C=O) groups is 2. The van der Waals surface area contributed by atoms with E-state index in [1.54, 1.807) is 0 Å². The molecule has 0 aliphatic heterocycles. The quantitative estimate of drug-likeness (QED) is 0.0955. The van der Waals surface area contributed by atoms with Gasteiger partial charge in [0, 0.05) is 66.1 Å². The zero-order valence-corrected chi connectivity index (χ0v) is 41.3. The second kappa shape index (κ2) is 20.4. The maximum Gasteiger partial charge on any atom is 0.305 e. The number of ether oxygens (including phenoxy) is 2. The van der Waals surface area contributed by atoms with Crippen molar-refractivity contribution >= 4 is 88.9 Å². The van der Waals surface area contributed by atoms with E-state index in [1.807, 2.05) is 34.8 Å². The topological polar surface area (TPSA) is 59.1 Å². The molecule has 8 heteroatoms. The van der Waals surface area contributed by atoms with Gasteiger partial charge in [0.15, 0.2) is 0 Å². The van der Waals surface area contributed by atoms with Crippen LogP contribution in [0.2, 0.25) is 0 Å². The number of benzene rings is 8. The Kier molecular flexibility index (Phi) is 13.4. The second-order valence-electron chi connectivity index (χ2n) is 17.5. The Balaban J connectivity index is 1.00. The molecule has 0 unspecified atom stereocenters. The molecule has 0 amide bonds. The van der Waals surface area contributed by atoms with Crippen LogP contribution in [-0.4, -0.2) is 26.2 Å². The van der Waals surface area contributed by atoms with Crippen LogP contribution in [0.25, 0.3) is 52.2 Å². The summed E-state index contributed by atoms with van der Waals surface area (Å²) < 4.78 is 12.3. The Labute approximate surface area is 417 Å². The lowest BCUT2D eigenvalue weighted by atomic mass is 10.0. The first-order chi connectivity index (χ1) is 34.2. The molecule has 0 aliphatic rings. The van der Waals surface area contributed by atoms with Gasteiger partial charge in [-0.1, -0.05) is 109 Å². The summed E-state index contributed by atoms with van der Waals surface area (Å²) in [7, 11) is 2.87. The lowest BCUT2D eigenvalue weighted by molar-refractivity contribution is -0.141. The summed E-state index contributed by atoms with van der Waals surface area (Å²) in [6.45, 7) is 4.52. The number of esters is 2. The smallest absolute Gasteiger partial charge is 0.305 e. The Hall–Kier alpha value is -7.78. The molecule has 70 heavy (non-hydrogen) atoms. The van der Waals surface area contributed by atoms with Crippen molar-refractivity contribution in [2.45, 2.75) is 39.5 Å². The molecule has 346 valence electrons. The molecular formula is C62H52N2O4S2. The largest absolute Gasteiger partial charge is 0.469 e. The summed E-state index contributed by atoms with van der Waals surface area (Å²) in [6, 6.07) is 69.2. The van der Waals surface area contributed by atoms with Gasteiger partial charge >= 0.3 is 11.9 Å². The maximum absolute atomic E-state index is 11.9. The SMILES string of the molecule is COC(=O)CCc1ccc(N(c2ccc(-c3ccccc3)cc2)c2ccc3sc(-c4sc5ccc(N(c6ccc(CCC(=O)OC)cc6)c6ccc(-c7ccccc7)cc6)cc5c4C)c(C)c3c2)cc1. The molecule has 0 saturated carbocycles. The van der Waals surface area contributed by atoms with Gasteiger partial charge in [-0.05, 0) is 167 Å². The highest BCUT2D eigenvalue weighted by Crippen LogP contribution is 2.49. The van der Waals surface area contributed by atoms with Gasteiger partial charge in [-0.25, -0.2) is 0 Å². The molecule has 8 aromatic carbocycles. The van der Waals surface area contributed by atoms with Gasteiger partial charge in [0.05, 0.1) is 14.2 Å². The van der Waals surface area contributed by atoms with Crippen LogP contribution in [0.5, 0.6) is 0 Å². The average molecular weight is 953 g/mol. The average Bonchev–Trinajstić information content (AvgIpc) is 3.92. The van der Waals surface area contributed by atoms with E-state index in [-0.39, 0.29) is 11.9 Å². The maximum atomic E-state index is 11.9. The van der Waals surface area contributed by atoms with E-state index in [0.29, 0.717) is 25.7 Å². The van der Waals surface area contributed by atoms with Crippen molar-refractivity contribution in [3.8, 4) is 32.0 Å². The fourth-order valence-electron chi connectivity index (χ4n) is 9.21. The number of anilines is 6. The van der Waals surface area contributed by atoms with Crippen LogP contribution in [0.3, 0.4) is 0 Å². The number of thiophene rings is 2. The standard InChI is InChI=1S/C62H52N2O4S2/c1-41-55-39-53(63(49-25-15-43(16-26-49)19-37-59(65)67-3)51-29-21-47(22-30-51)45-11-7-5-8-12-45)33-35-57(55)69-61(41)62-42(2)56-40-54(34-36-58(56)70-62)64(50-27-17-44(18-28-50)20-38-60(66)68-4)52-31-23-48(24-32-52)46-13-9-6-10-14-46/h5-18,21-36,39-40H,19-20,37-38H2,1-4H3. The van der Waals surface area contributed by atoms with Gasteiger partial charge in [-0.15, -0.1) is 22.7 Å². The van der Waals surface area contributed by atoms with E-state index in [9.17, 15) is 9.59 Å². The molecule has 0 aliphatic carbocycles. The van der Waals surface area contributed by atoms with Crippen molar-refractivity contribution in [2.24, 2.45) is 0 Å². The number of hydrogen-bond acceptors (Lipinski definition) is 8. The van der Waals surface area contributed by atoms with Crippen LogP contribution in [0, 0.1) is 13.8 Å². The van der Waals surface area contributed by atoms with Crippen LogP contribution < -0.4 is 9.80 Å². The summed E-state index contributed by atoms with van der Waals surface area (Å²) >= 11 is 3.71. The van der Waals surface area contributed by atoms with Gasteiger partial charge < -0.3 is 19.3 Å². The van der Waals surface area contributed by atoms with Crippen LogP contribution in [0.15, 0.2) is 194 Å². The molecule has 0 spiro atoms. The lowest BCUT2D eigenvalue weighted by Gasteiger charge is -2.26. The second-order valence-corrected chi connectivity index (χ2v) is 19.6. The molecule has 2 aromatic heterocycles.